The van der Waals surface area contributed by atoms with Crippen LogP contribution in [0, 0.1) is 0 Å². The van der Waals surface area contributed by atoms with Crippen LogP contribution in [0.1, 0.15) is 12.8 Å². The van der Waals surface area contributed by atoms with Crippen LogP contribution in [0.2, 0.25) is 0 Å². The van der Waals surface area contributed by atoms with Gasteiger partial charge in [-0.2, -0.15) is 0 Å². The van der Waals surface area contributed by atoms with Gasteiger partial charge in [-0.3, -0.25) is 9.59 Å². The number of hydrogen-bond acceptors (Lipinski definition) is 2. The number of hydrogen-bond donors (Lipinski definition) is 1. The van der Waals surface area contributed by atoms with Gasteiger partial charge in [0.15, 0.2) is 0 Å². The van der Waals surface area contributed by atoms with Crippen LogP contribution in [-0.4, -0.2) is 30.8 Å². The van der Waals surface area contributed by atoms with Crippen LogP contribution in [0.15, 0.2) is 12.8 Å². The van der Waals surface area contributed by atoms with Gasteiger partial charge in [-0.1, -0.05) is 6.58 Å². The third-order valence-corrected chi connectivity index (χ3v) is 1.45. The van der Waals surface area contributed by atoms with E-state index < -0.39 is 0 Å². The molecule has 0 atom stereocenters. The molecule has 1 aliphatic heterocycles. The third-order valence-electron chi connectivity index (χ3n) is 1.45. The second kappa shape index (κ2) is 6.39. The lowest BCUT2D eigenvalue weighted by Gasteiger charge is -2.05. The van der Waals surface area contributed by atoms with Gasteiger partial charge in [-0.05, 0) is 12.6 Å². The molecule has 1 N–H and O–H groups in total. The van der Waals surface area contributed by atoms with E-state index in [1.165, 1.54) is 0 Å². The van der Waals surface area contributed by atoms with Crippen molar-refractivity contribution in [3.8, 4) is 0 Å². The number of amides is 2. The van der Waals surface area contributed by atoms with E-state index in [0.29, 0.717) is 12.8 Å². The molecule has 0 aromatic heterocycles. The summed E-state index contributed by atoms with van der Waals surface area (Å²) in [5.41, 5.74) is 0. The van der Waals surface area contributed by atoms with Crippen LogP contribution >= 0.6 is 0 Å². The summed E-state index contributed by atoms with van der Waals surface area (Å²) in [6, 6.07) is 0. The molecule has 0 spiro atoms. The summed E-state index contributed by atoms with van der Waals surface area (Å²) in [5, 5.41) is 2.25. The molecule has 0 aromatic rings. The van der Waals surface area contributed by atoms with Crippen molar-refractivity contribution in [3.63, 3.8) is 0 Å². The highest BCUT2D eigenvalue weighted by Crippen LogP contribution is 2.08. The lowest BCUT2D eigenvalue weighted by molar-refractivity contribution is -0.125. The maximum atomic E-state index is 10.7. The number of nitrogens with zero attached hydrogens (tertiary/aromatic N) is 1. The van der Waals surface area contributed by atoms with E-state index >= 15 is 0 Å². The summed E-state index contributed by atoms with van der Waals surface area (Å²) in [7, 11) is 1.56. The predicted molar refractivity (Wildman–Crippen MR) is 46.3 cm³/mol. The van der Waals surface area contributed by atoms with Gasteiger partial charge in [0, 0.05) is 20.0 Å². The molecule has 0 unspecified atom stereocenters. The van der Waals surface area contributed by atoms with E-state index in [2.05, 4.69) is 11.9 Å². The van der Waals surface area contributed by atoms with Crippen molar-refractivity contribution >= 4 is 12.3 Å². The molecule has 0 bridgehead atoms. The van der Waals surface area contributed by atoms with Crippen molar-refractivity contribution in [2.75, 3.05) is 13.6 Å². The Bertz CT molecular complexity index is 168. The predicted octanol–water partition coefficient (Wildman–Crippen LogP) is 0.114. The smallest absolute Gasteiger partial charge is 0.226 e. The molecule has 0 radical (unpaired) electrons. The van der Waals surface area contributed by atoms with Crippen LogP contribution in [0.3, 0.4) is 0 Å². The van der Waals surface area contributed by atoms with E-state index in [1.807, 2.05) is 0 Å². The molecule has 0 aromatic carbocycles. The van der Waals surface area contributed by atoms with Crippen molar-refractivity contribution in [2.45, 2.75) is 12.8 Å². The van der Waals surface area contributed by atoms with Crippen LogP contribution < -0.4 is 5.32 Å². The van der Waals surface area contributed by atoms with Gasteiger partial charge in [0.05, 0.1) is 0 Å². The zero-order chi connectivity index (χ0) is 9.40. The van der Waals surface area contributed by atoms with E-state index in [4.69, 9.17) is 4.79 Å². The summed E-state index contributed by atoms with van der Waals surface area (Å²) in [6.45, 7) is 4.36. The summed E-state index contributed by atoms with van der Waals surface area (Å²) in [5.74, 6) is 0.208. The number of nitrogens with one attached hydrogen (secondary N) is 1. The molecule has 4 heteroatoms. The lowest BCUT2D eigenvalue weighted by Crippen LogP contribution is -2.16. The minimum absolute atomic E-state index is 0.208. The van der Waals surface area contributed by atoms with Crippen molar-refractivity contribution in [2.24, 2.45) is 0 Å². The molecule has 2 amide bonds. The Morgan fingerprint density at radius 3 is 2.42 bits per heavy atom. The van der Waals surface area contributed by atoms with E-state index in [0.717, 1.165) is 13.0 Å². The zero-order valence-electron chi connectivity index (χ0n) is 7.25. The SMILES string of the molecule is C=CN1CCCC1=O.CNC=O. The fourth-order valence-electron chi connectivity index (χ4n) is 0.862. The average molecular weight is 170 g/mol. The number of carbonyl (C=O) groups is 2. The van der Waals surface area contributed by atoms with Crippen molar-refractivity contribution < 1.29 is 9.59 Å². The Hall–Kier alpha value is -1.32. The minimum atomic E-state index is 0.208. The monoisotopic (exact) mass is 170 g/mol. The normalized spacial score (nSPS) is 14.8. The molecule has 1 fully saturated rings. The molecule has 1 heterocycles. The molecule has 1 rings (SSSR count). The maximum absolute atomic E-state index is 10.7. The van der Waals surface area contributed by atoms with Crippen LogP contribution in [-0.2, 0) is 9.59 Å². The van der Waals surface area contributed by atoms with Gasteiger partial charge in [0.1, 0.15) is 0 Å². The number of likely N-dealkylation sites (tertiary alicyclic amines) is 1. The first kappa shape index (κ1) is 10.7. The summed E-state index contributed by atoms with van der Waals surface area (Å²) in [6.07, 6.45) is 3.91. The van der Waals surface area contributed by atoms with Gasteiger partial charge < -0.3 is 10.2 Å². The van der Waals surface area contributed by atoms with Gasteiger partial charge in [0.25, 0.3) is 0 Å². The molecule has 68 valence electrons. The number of rotatable bonds is 2. The largest absolute Gasteiger partial charge is 0.362 e. The summed E-state index contributed by atoms with van der Waals surface area (Å²) < 4.78 is 0. The Labute approximate surface area is 72.2 Å². The maximum Gasteiger partial charge on any atom is 0.226 e. The zero-order valence-corrected chi connectivity index (χ0v) is 7.25. The average Bonchev–Trinajstić information content (AvgIpc) is 2.51. The van der Waals surface area contributed by atoms with Crippen LogP contribution in [0.4, 0.5) is 0 Å². The first-order valence-corrected chi connectivity index (χ1v) is 3.79. The van der Waals surface area contributed by atoms with Crippen molar-refractivity contribution in [1.29, 1.82) is 0 Å². The molecule has 1 saturated heterocycles. The second-order valence-electron chi connectivity index (χ2n) is 2.28. The van der Waals surface area contributed by atoms with E-state index in [1.54, 1.807) is 18.1 Å². The quantitative estimate of drug-likeness (QED) is 0.598. The molecule has 4 nitrogen and oxygen atoms in total. The van der Waals surface area contributed by atoms with Gasteiger partial charge >= 0.3 is 0 Å². The highest BCUT2D eigenvalue weighted by atomic mass is 16.2. The first-order valence-electron chi connectivity index (χ1n) is 3.79. The van der Waals surface area contributed by atoms with Crippen LogP contribution in [0.5, 0.6) is 0 Å². The van der Waals surface area contributed by atoms with E-state index in [9.17, 15) is 4.79 Å². The molecule has 0 aliphatic carbocycles. The summed E-state index contributed by atoms with van der Waals surface area (Å²) in [4.78, 5) is 21.4. The minimum Gasteiger partial charge on any atom is -0.362 e. The topological polar surface area (TPSA) is 49.4 Å². The number of carbonyl (C=O) groups excluding carboxylic acids is 2. The van der Waals surface area contributed by atoms with Crippen LogP contribution in [0.25, 0.3) is 0 Å². The van der Waals surface area contributed by atoms with Gasteiger partial charge in [0.2, 0.25) is 12.3 Å². The molecule has 0 saturated carbocycles. The van der Waals surface area contributed by atoms with Gasteiger partial charge in [-0.25, -0.2) is 0 Å². The summed E-state index contributed by atoms with van der Waals surface area (Å²) >= 11 is 0. The Balaban J connectivity index is 0.000000261. The van der Waals surface area contributed by atoms with Crippen molar-refractivity contribution in [1.82, 2.24) is 10.2 Å². The highest BCUT2D eigenvalue weighted by Gasteiger charge is 2.15. The Kier molecular flexibility index (Phi) is 5.69. The third kappa shape index (κ3) is 3.75. The standard InChI is InChI=1S/C6H9NO.C2H5NO/c1-2-7-5-3-4-6(7)8;1-3-2-4/h2H,1,3-5H2;2H,1H3,(H,3,4). The molecular weight excluding hydrogens is 156 g/mol. The lowest BCUT2D eigenvalue weighted by atomic mass is 10.4. The fraction of sp³-hybridized carbons (Fsp3) is 0.500. The molecule has 12 heavy (non-hydrogen) atoms. The molecular formula is C8H14N2O2. The first-order chi connectivity index (χ1) is 5.76. The molecule has 1 aliphatic rings. The Morgan fingerprint density at radius 2 is 2.25 bits per heavy atom. The Morgan fingerprint density at radius 1 is 1.67 bits per heavy atom. The van der Waals surface area contributed by atoms with Gasteiger partial charge in [-0.15, -0.1) is 0 Å². The highest BCUT2D eigenvalue weighted by molar-refractivity contribution is 5.78. The van der Waals surface area contributed by atoms with E-state index in [-0.39, 0.29) is 5.91 Å². The fourth-order valence-corrected chi connectivity index (χ4v) is 0.862. The van der Waals surface area contributed by atoms with Crippen molar-refractivity contribution in [3.05, 3.63) is 12.8 Å². The second-order valence-corrected chi connectivity index (χ2v) is 2.28.